The second-order valence-corrected chi connectivity index (χ2v) is 14.2. The Kier molecular flexibility index (Phi) is 8.44. The maximum Gasteiger partial charge on any atom is 0.229 e. The molecule has 37 heavy (non-hydrogen) atoms. The zero-order chi connectivity index (χ0) is 27.0. The van der Waals surface area contributed by atoms with Crippen LogP contribution in [0.15, 0.2) is 61.2 Å². The number of carbonyl (C=O) groups is 1. The first-order valence-corrected chi connectivity index (χ1v) is 15.2. The number of nitrogens with one attached hydrogen (secondary N) is 1. The molecule has 1 aliphatic carbocycles. The largest absolute Gasteiger partial charge is 0.330 e. The summed E-state index contributed by atoms with van der Waals surface area (Å²) in [6.07, 6.45) is 4.89. The van der Waals surface area contributed by atoms with Gasteiger partial charge in [0.1, 0.15) is 0 Å². The van der Waals surface area contributed by atoms with Gasteiger partial charge in [-0.1, -0.05) is 60.5 Å². The zero-order valence-corrected chi connectivity index (χ0v) is 24.0. The van der Waals surface area contributed by atoms with Gasteiger partial charge in [0.15, 0.2) is 0 Å². The molecule has 200 valence electrons. The molecule has 1 amide bonds. The zero-order valence-electron chi connectivity index (χ0n) is 21.7. The van der Waals surface area contributed by atoms with Crippen molar-refractivity contribution in [3.8, 4) is 0 Å². The SMILES string of the molecule is C=CC[C@@]1(C)C[C@H](c2cccc(Cl)c2)[C@@H](c2ccc(Cl)cc2)N([C@H](CNS(=O)(=O)C(C)C)C2CC2)C1=O. The second-order valence-electron chi connectivity index (χ2n) is 11.0. The van der Waals surface area contributed by atoms with Crippen LogP contribution in [-0.2, 0) is 14.8 Å². The Bertz CT molecular complexity index is 1240. The Morgan fingerprint density at radius 2 is 1.78 bits per heavy atom. The standard InChI is InChI=1S/C29H36Cl2N2O3S/c1-5-15-29(4)17-25(22-7-6-8-24(31)16-22)27(21-11-13-23(30)14-12-21)33(28(29)34)26(20-9-10-20)18-32-37(35,36)19(2)3/h5-8,11-14,16,19-20,25-27,32H,1,9-10,15,17-18H2,2-4H3/t25-,26-,27-,29+/m1/s1. The summed E-state index contributed by atoms with van der Waals surface area (Å²) in [5.41, 5.74) is 1.35. The maximum absolute atomic E-state index is 14.4. The van der Waals surface area contributed by atoms with Gasteiger partial charge in [0, 0.05) is 28.5 Å². The number of likely N-dealkylation sites (tertiary alicyclic amines) is 1. The van der Waals surface area contributed by atoms with Crippen LogP contribution >= 0.6 is 23.2 Å². The first-order chi connectivity index (χ1) is 17.5. The van der Waals surface area contributed by atoms with Gasteiger partial charge in [-0.3, -0.25) is 4.79 Å². The maximum atomic E-state index is 14.4. The Morgan fingerprint density at radius 3 is 2.35 bits per heavy atom. The van der Waals surface area contributed by atoms with Crippen molar-refractivity contribution >= 4 is 39.1 Å². The highest BCUT2D eigenvalue weighted by molar-refractivity contribution is 7.90. The van der Waals surface area contributed by atoms with Crippen molar-refractivity contribution in [3.63, 3.8) is 0 Å². The predicted octanol–water partition coefficient (Wildman–Crippen LogP) is 6.74. The number of hydrogen-bond acceptors (Lipinski definition) is 3. The van der Waals surface area contributed by atoms with Gasteiger partial charge in [0.2, 0.25) is 15.9 Å². The smallest absolute Gasteiger partial charge is 0.229 e. The Labute approximate surface area is 231 Å². The molecule has 2 fully saturated rings. The normalized spacial score (nSPS) is 25.4. The molecule has 0 unspecified atom stereocenters. The lowest BCUT2D eigenvalue weighted by Gasteiger charge is -2.52. The van der Waals surface area contributed by atoms with E-state index in [9.17, 15) is 13.2 Å². The van der Waals surface area contributed by atoms with Gasteiger partial charge >= 0.3 is 0 Å². The van der Waals surface area contributed by atoms with Crippen LogP contribution in [0, 0.1) is 11.3 Å². The van der Waals surface area contributed by atoms with E-state index < -0.39 is 20.7 Å². The number of hydrogen-bond donors (Lipinski definition) is 1. The molecule has 0 spiro atoms. The summed E-state index contributed by atoms with van der Waals surface area (Å²) in [6.45, 7) is 9.45. The minimum Gasteiger partial charge on any atom is -0.330 e. The van der Waals surface area contributed by atoms with Crippen LogP contribution in [0.2, 0.25) is 10.0 Å². The van der Waals surface area contributed by atoms with Crippen molar-refractivity contribution in [3.05, 3.63) is 82.4 Å². The van der Waals surface area contributed by atoms with E-state index in [4.69, 9.17) is 23.2 Å². The topological polar surface area (TPSA) is 66.5 Å². The van der Waals surface area contributed by atoms with E-state index >= 15 is 0 Å². The number of piperidine rings is 1. The molecule has 4 atom stereocenters. The van der Waals surface area contributed by atoms with Gasteiger partial charge in [0.25, 0.3) is 0 Å². The number of sulfonamides is 1. The minimum atomic E-state index is -3.49. The highest BCUT2D eigenvalue weighted by atomic mass is 35.5. The van der Waals surface area contributed by atoms with Gasteiger partial charge in [0.05, 0.1) is 16.7 Å². The number of rotatable bonds is 10. The Hall–Kier alpha value is -1.86. The molecular weight excluding hydrogens is 527 g/mol. The fourth-order valence-corrected chi connectivity index (χ4v) is 6.65. The molecule has 1 heterocycles. The van der Waals surface area contributed by atoms with Crippen LogP contribution in [0.5, 0.6) is 0 Å². The molecule has 1 saturated carbocycles. The van der Waals surface area contributed by atoms with Crippen molar-refractivity contribution in [1.82, 2.24) is 9.62 Å². The summed E-state index contributed by atoms with van der Waals surface area (Å²) in [7, 11) is -3.49. The van der Waals surface area contributed by atoms with Crippen LogP contribution in [0.1, 0.15) is 69.5 Å². The van der Waals surface area contributed by atoms with E-state index in [1.54, 1.807) is 19.9 Å². The average Bonchev–Trinajstić information content (AvgIpc) is 3.68. The van der Waals surface area contributed by atoms with E-state index in [0.717, 1.165) is 24.0 Å². The third-order valence-electron chi connectivity index (χ3n) is 7.82. The lowest BCUT2D eigenvalue weighted by atomic mass is 9.67. The molecular formula is C29H36Cl2N2O3S. The van der Waals surface area contributed by atoms with Crippen molar-refractivity contribution in [1.29, 1.82) is 0 Å². The van der Waals surface area contributed by atoms with Crippen LogP contribution in [0.4, 0.5) is 0 Å². The molecule has 0 bridgehead atoms. The molecule has 8 heteroatoms. The molecule has 0 aromatic heterocycles. The van der Waals surface area contributed by atoms with Gasteiger partial charge in [-0.05, 0) is 80.8 Å². The highest BCUT2D eigenvalue weighted by Crippen LogP contribution is 2.54. The van der Waals surface area contributed by atoms with Crippen molar-refractivity contribution in [2.45, 2.75) is 69.7 Å². The fraction of sp³-hybridized carbons (Fsp3) is 0.483. The van der Waals surface area contributed by atoms with E-state index in [1.807, 2.05) is 54.3 Å². The number of amides is 1. The van der Waals surface area contributed by atoms with Gasteiger partial charge < -0.3 is 4.90 Å². The molecule has 1 N–H and O–H groups in total. The highest BCUT2D eigenvalue weighted by Gasteiger charge is 2.53. The summed E-state index contributed by atoms with van der Waals surface area (Å²) < 4.78 is 28.3. The van der Waals surface area contributed by atoms with Crippen LogP contribution in [0.25, 0.3) is 0 Å². The molecule has 5 nitrogen and oxygen atoms in total. The molecule has 1 saturated heterocycles. The third kappa shape index (κ3) is 6.08. The van der Waals surface area contributed by atoms with Gasteiger partial charge in [-0.15, -0.1) is 6.58 Å². The lowest BCUT2D eigenvalue weighted by molar-refractivity contribution is -0.155. The predicted molar refractivity (Wildman–Crippen MR) is 151 cm³/mol. The van der Waals surface area contributed by atoms with Crippen molar-refractivity contribution in [2.75, 3.05) is 6.54 Å². The van der Waals surface area contributed by atoms with Crippen LogP contribution in [0.3, 0.4) is 0 Å². The molecule has 2 aromatic carbocycles. The molecule has 2 aliphatic rings. The molecule has 2 aromatic rings. The van der Waals surface area contributed by atoms with E-state index in [-0.39, 0.29) is 36.4 Å². The number of carbonyl (C=O) groups excluding carboxylic acids is 1. The Morgan fingerprint density at radius 1 is 1.11 bits per heavy atom. The second kappa shape index (κ2) is 11.1. The first kappa shape index (κ1) is 28.2. The molecule has 0 radical (unpaired) electrons. The quantitative estimate of drug-likeness (QED) is 0.326. The number of nitrogens with zero attached hydrogens (tertiary/aromatic N) is 1. The summed E-state index contributed by atoms with van der Waals surface area (Å²) >= 11 is 12.7. The number of allylic oxidation sites excluding steroid dienone is 1. The van der Waals surface area contributed by atoms with Crippen LogP contribution < -0.4 is 4.72 Å². The summed E-state index contributed by atoms with van der Waals surface area (Å²) in [5.74, 6) is 0.219. The molecule has 4 rings (SSSR count). The number of benzene rings is 2. The molecule has 1 aliphatic heterocycles. The van der Waals surface area contributed by atoms with E-state index in [2.05, 4.69) is 17.4 Å². The average molecular weight is 564 g/mol. The monoisotopic (exact) mass is 562 g/mol. The van der Waals surface area contributed by atoms with E-state index in [1.165, 1.54) is 0 Å². The van der Waals surface area contributed by atoms with Crippen LogP contribution in [-0.4, -0.2) is 37.1 Å². The number of halogens is 2. The first-order valence-electron chi connectivity index (χ1n) is 12.9. The third-order valence-corrected chi connectivity index (χ3v) is 10.1. The van der Waals surface area contributed by atoms with Gasteiger partial charge in [-0.2, -0.15) is 0 Å². The fourth-order valence-electron chi connectivity index (χ4n) is 5.59. The summed E-state index contributed by atoms with van der Waals surface area (Å²) in [4.78, 5) is 16.4. The summed E-state index contributed by atoms with van der Waals surface area (Å²) in [6, 6.07) is 14.9. The van der Waals surface area contributed by atoms with Gasteiger partial charge in [-0.25, -0.2) is 13.1 Å². The summed E-state index contributed by atoms with van der Waals surface area (Å²) in [5, 5.41) is 0.711. The van der Waals surface area contributed by atoms with Crippen molar-refractivity contribution in [2.24, 2.45) is 11.3 Å². The minimum absolute atomic E-state index is 0.0336. The Balaban J connectivity index is 1.87. The lowest BCUT2D eigenvalue weighted by Crippen LogP contribution is -2.58. The van der Waals surface area contributed by atoms with E-state index in [0.29, 0.717) is 22.9 Å². The van der Waals surface area contributed by atoms with Crippen molar-refractivity contribution < 1.29 is 13.2 Å².